The summed E-state index contributed by atoms with van der Waals surface area (Å²) in [5, 5.41) is 11.9. The molecule has 0 saturated carbocycles. The second-order valence-corrected chi connectivity index (χ2v) is 6.95. The average Bonchev–Trinajstić information content (AvgIpc) is 2.36. The average molecular weight is 372 g/mol. The van der Waals surface area contributed by atoms with Crippen LogP contribution >= 0.6 is 15.9 Å². The number of rotatable bonds is 5. The van der Waals surface area contributed by atoms with Crippen molar-refractivity contribution in [3.05, 3.63) is 34.3 Å². The van der Waals surface area contributed by atoms with Gasteiger partial charge in [-0.3, -0.25) is 0 Å². The van der Waals surface area contributed by atoms with Gasteiger partial charge in [0.15, 0.2) is 0 Å². The van der Waals surface area contributed by atoms with Crippen molar-refractivity contribution >= 4 is 28.0 Å². The molecule has 0 spiro atoms. The van der Waals surface area contributed by atoms with Crippen molar-refractivity contribution in [2.75, 3.05) is 0 Å². The predicted molar refractivity (Wildman–Crippen MR) is 88.0 cm³/mol. The summed E-state index contributed by atoms with van der Waals surface area (Å²) in [5.74, 6) is -1.43. The Kier molecular flexibility index (Phi) is 6.41. The first kappa shape index (κ1) is 18.5. The Morgan fingerprint density at radius 3 is 2.45 bits per heavy atom. The number of benzene rings is 1. The molecule has 0 aliphatic carbocycles. The number of halogens is 1. The zero-order valence-electron chi connectivity index (χ0n) is 13.2. The summed E-state index contributed by atoms with van der Waals surface area (Å²) < 4.78 is 6.02. The number of aliphatic carboxylic acids is 1. The van der Waals surface area contributed by atoms with Crippen molar-refractivity contribution in [3.63, 3.8) is 0 Å². The van der Waals surface area contributed by atoms with Gasteiger partial charge in [0.2, 0.25) is 0 Å². The van der Waals surface area contributed by atoms with Crippen molar-refractivity contribution in [1.29, 1.82) is 0 Å². The lowest BCUT2D eigenvalue weighted by Gasteiger charge is -2.26. The molecule has 0 fully saturated rings. The molecule has 22 heavy (non-hydrogen) atoms. The lowest BCUT2D eigenvalue weighted by Crippen LogP contribution is -2.46. The lowest BCUT2D eigenvalue weighted by molar-refractivity contribution is -0.140. The summed E-state index contributed by atoms with van der Waals surface area (Å²) in [4.78, 5) is 23.5. The van der Waals surface area contributed by atoms with E-state index in [1.54, 1.807) is 20.8 Å². The highest BCUT2D eigenvalue weighted by Gasteiger charge is 2.31. The third kappa shape index (κ3) is 5.67. The van der Waals surface area contributed by atoms with Gasteiger partial charge in [0, 0.05) is 10.4 Å². The SMILES string of the molecule is CCC(c1cccc(Br)c1)C(NC(=O)OC(C)(C)C)C(=O)O. The molecular formula is C16H22BrNO4. The highest BCUT2D eigenvalue weighted by molar-refractivity contribution is 9.10. The molecule has 2 N–H and O–H groups in total. The molecule has 0 heterocycles. The van der Waals surface area contributed by atoms with Crippen LogP contribution < -0.4 is 5.32 Å². The Balaban J connectivity index is 2.97. The van der Waals surface area contributed by atoms with E-state index in [2.05, 4.69) is 21.2 Å². The minimum atomic E-state index is -1.09. The summed E-state index contributed by atoms with van der Waals surface area (Å²) in [6, 6.07) is 6.38. The van der Waals surface area contributed by atoms with Crippen LogP contribution in [0.5, 0.6) is 0 Å². The number of nitrogens with one attached hydrogen (secondary N) is 1. The van der Waals surface area contributed by atoms with E-state index in [1.807, 2.05) is 31.2 Å². The number of hydrogen-bond acceptors (Lipinski definition) is 3. The number of carbonyl (C=O) groups excluding carboxylic acids is 1. The number of hydrogen-bond donors (Lipinski definition) is 2. The fraction of sp³-hybridized carbons (Fsp3) is 0.500. The van der Waals surface area contributed by atoms with Gasteiger partial charge in [-0.25, -0.2) is 9.59 Å². The van der Waals surface area contributed by atoms with E-state index >= 15 is 0 Å². The Morgan fingerprint density at radius 2 is 2.00 bits per heavy atom. The maximum Gasteiger partial charge on any atom is 0.408 e. The van der Waals surface area contributed by atoms with Gasteiger partial charge < -0.3 is 15.2 Å². The fourth-order valence-electron chi connectivity index (χ4n) is 2.17. The molecule has 0 aliphatic heterocycles. The van der Waals surface area contributed by atoms with Crippen LogP contribution in [0.15, 0.2) is 28.7 Å². The second-order valence-electron chi connectivity index (χ2n) is 6.03. The summed E-state index contributed by atoms with van der Waals surface area (Å²) in [6.45, 7) is 7.08. The first-order valence-electron chi connectivity index (χ1n) is 7.12. The number of alkyl carbamates (subject to hydrolysis) is 1. The molecule has 1 amide bonds. The monoisotopic (exact) mass is 371 g/mol. The molecule has 0 radical (unpaired) electrons. The maximum atomic E-state index is 11.9. The first-order chi connectivity index (χ1) is 10.1. The van der Waals surface area contributed by atoms with E-state index in [0.717, 1.165) is 10.0 Å². The van der Waals surface area contributed by atoms with Crippen molar-refractivity contribution in [2.24, 2.45) is 0 Å². The van der Waals surface area contributed by atoms with E-state index < -0.39 is 23.7 Å². The molecule has 6 heteroatoms. The van der Waals surface area contributed by atoms with Gasteiger partial charge >= 0.3 is 12.1 Å². The molecule has 1 aromatic carbocycles. The normalized spacial score (nSPS) is 14.0. The minimum absolute atomic E-state index is 0.345. The van der Waals surface area contributed by atoms with Crippen LogP contribution in [0.2, 0.25) is 0 Å². The van der Waals surface area contributed by atoms with Gasteiger partial charge in [-0.2, -0.15) is 0 Å². The predicted octanol–water partition coefficient (Wildman–Crippen LogP) is 3.92. The van der Waals surface area contributed by atoms with Crippen molar-refractivity contribution in [3.8, 4) is 0 Å². The minimum Gasteiger partial charge on any atom is -0.480 e. The summed E-state index contributed by atoms with van der Waals surface area (Å²) in [5.41, 5.74) is 0.172. The lowest BCUT2D eigenvalue weighted by atomic mass is 9.89. The molecule has 0 bridgehead atoms. The standard InChI is InChI=1S/C16H22BrNO4/c1-5-12(10-7-6-8-11(17)9-10)13(14(19)20)18-15(21)22-16(2,3)4/h6-9,12-13H,5H2,1-4H3,(H,18,21)(H,19,20). The number of amides is 1. The molecule has 0 aromatic heterocycles. The third-order valence-corrected chi connectivity index (χ3v) is 3.55. The largest absolute Gasteiger partial charge is 0.480 e. The molecule has 5 nitrogen and oxygen atoms in total. The number of ether oxygens (including phenoxy) is 1. The number of carbonyl (C=O) groups is 2. The summed E-state index contributed by atoms with van der Waals surface area (Å²) in [6.07, 6.45) is -0.156. The van der Waals surface area contributed by atoms with Crippen molar-refractivity contribution < 1.29 is 19.4 Å². The number of carboxylic acids is 1. The smallest absolute Gasteiger partial charge is 0.408 e. The highest BCUT2D eigenvalue weighted by atomic mass is 79.9. The van der Waals surface area contributed by atoms with E-state index in [-0.39, 0.29) is 5.92 Å². The molecule has 2 atom stereocenters. The van der Waals surface area contributed by atoms with Crippen LogP contribution in [-0.2, 0) is 9.53 Å². The Hall–Kier alpha value is -1.56. The van der Waals surface area contributed by atoms with Crippen LogP contribution in [0.25, 0.3) is 0 Å². The summed E-state index contributed by atoms with van der Waals surface area (Å²) >= 11 is 3.38. The van der Waals surface area contributed by atoms with E-state index in [4.69, 9.17) is 4.74 Å². The van der Waals surface area contributed by atoms with Crippen LogP contribution in [0.1, 0.15) is 45.6 Å². The zero-order chi connectivity index (χ0) is 16.9. The Morgan fingerprint density at radius 1 is 1.36 bits per heavy atom. The Labute approximate surface area is 139 Å². The Bertz CT molecular complexity index is 539. The van der Waals surface area contributed by atoms with Crippen molar-refractivity contribution in [1.82, 2.24) is 5.32 Å². The molecule has 0 aliphatic rings. The maximum absolute atomic E-state index is 11.9. The van der Waals surface area contributed by atoms with Gasteiger partial charge in [-0.05, 0) is 44.9 Å². The molecule has 2 unspecified atom stereocenters. The molecule has 122 valence electrons. The van der Waals surface area contributed by atoms with Gasteiger partial charge in [-0.15, -0.1) is 0 Å². The van der Waals surface area contributed by atoms with E-state index in [1.165, 1.54) is 0 Å². The van der Waals surface area contributed by atoms with Crippen LogP contribution in [-0.4, -0.2) is 28.8 Å². The highest BCUT2D eigenvalue weighted by Crippen LogP contribution is 2.26. The zero-order valence-corrected chi connectivity index (χ0v) is 14.8. The number of carboxylic acid groups (broad SMARTS) is 1. The first-order valence-corrected chi connectivity index (χ1v) is 7.91. The van der Waals surface area contributed by atoms with Crippen molar-refractivity contribution in [2.45, 2.75) is 51.7 Å². The second kappa shape index (κ2) is 7.63. The molecule has 0 saturated heterocycles. The fourth-order valence-corrected chi connectivity index (χ4v) is 2.59. The molecule has 1 aromatic rings. The van der Waals surface area contributed by atoms with Crippen LogP contribution in [0.4, 0.5) is 4.79 Å². The van der Waals surface area contributed by atoms with Gasteiger partial charge in [-0.1, -0.05) is 35.0 Å². The molecule has 1 rings (SSSR count). The van der Waals surface area contributed by atoms with Gasteiger partial charge in [0.25, 0.3) is 0 Å². The third-order valence-electron chi connectivity index (χ3n) is 3.06. The van der Waals surface area contributed by atoms with Crippen LogP contribution in [0, 0.1) is 0 Å². The van der Waals surface area contributed by atoms with E-state index in [9.17, 15) is 14.7 Å². The van der Waals surface area contributed by atoms with Crippen LogP contribution in [0.3, 0.4) is 0 Å². The topological polar surface area (TPSA) is 75.6 Å². The van der Waals surface area contributed by atoms with E-state index in [0.29, 0.717) is 6.42 Å². The summed E-state index contributed by atoms with van der Waals surface area (Å²) in [7, 11) is 0. The quantitative estimate of drug-likeness (QED) is 0.822. The molecular weight excluding hydrogens is 350 g/mol. The van der Waals surface area contributed by atoms with Gasteiger partial charge in [0.1, 0.15) is 11.6 Å². The van der Waals surface area contributed by atoms with Gasteiger partial charge in [0.05, 0.1) is 0 Å².